The minimum absolute atomic E-state index is 0.00986. The van der Waals surface area contributed by atoms with Gasteiger partial charge in [-0.1, -0.05) is 13.8 Å². The van der Waals surface area contributed by atoms with E-state index in [1.54, 1.807) is 0 Å². The Kier molecular flexibility index (Phi) is 3.02. The zero-order valence-electron chi connectivity index (χ0n) is 9.40. The predicted molar refractivity (Wildman–Crippen MR) is 58.4 cm³/mol. The SMILES string of the molecule is CC(C)C(N)c1nnc2n1CCNCC2. The lowest BCUT2D eigenvalue weighted by atomic mass is 10.1. The van der Waals surface area contributed by atoms with Crippen molar-refractivity contribution in [1.82, 2.24) is 20.1 Å². The predicted octanol–water partition coefficient (Wildman–Crippen LogP) is 0.0796. The molecule has 15 heavy (non-hydrogen) atoms. The molecular weight excluding hydrogens is 190 g/mol. The normalized spacial score (nSPS) is 18.7. The molecule has 0 fully saturated rings. The summed E-state index contributed by atoms with van der Waals surface area (Å²) in [6, 6.07) is -0.00986. The molecule has 5 nitrogen and oxygen atoms in total. The van der Waals surface area contributed by atoms with Gasteiger partial charge in [0.15, 0.2) is 0 Å². The van der Waals surface area contributed by atoms with Crippen LogP contribution in [-0.2, 0) is 13.0 Å². The number of hydrogen-bond acceptors (Lipinski definition) is 4. The second-order valence-corrected chi connectivity index (χ2v) is 4.40. The van der Waals surface area contributed by atoms with Crippen molar-refractivity contribution < 1.29 is 0 Å². The van der Waals surface area contributed by atoms with E-state index in [1.807, 2.05) is 0 Å². The van der Waals surface area contributed by atoms with Gasteiger partial charge in [0.1, 0.15) is 11.6 Å². The molecule has 0 spiro atoms. The largest absolute Gasteiger partial charge is 0.321 e. The second-order valence-electron chi connectivity index (χ2n) is 4.40. The quantitative estimate of drug-likeness (QED) is 0.724. The van der Waals surface area contributed by atoms with Gasteiger partial charge in [0, 0.05) is 26.1 Å². The Balaban J connectivity index is 2.29. The summed E-state index contributed by atoms with van der Waals surface area (Å²) in [4.78, 5) is 0. The summed E-state index contributed by atoms with van der Waals surface area (Å²) < 4.78 is 2.17. The average molecular weight is 209 g/mol. The molecular formula is C10H19N5. The average Bonchev–Trinajstić information content (AvgIpc) is 2.46. The summed E-state index contributed by atoms with van der Waals surface area (Å²) in [6.07, 6.45) is 0.942. The van der Waals surface area contributed by atoms with Crippen LogP contribution in [0.1, 0.15) is 31.5 Å². The Morgan fingerprint density at radius 3 is 2.87 bits per heavy atom. The van der Waals surface area contributed by atoms with Crippen molar-refractivity contribution in [2.24, 2.45) is 11.7 Å². The Hall–Kier alpha value is -0.940. The molecule has 1 aromatic heterocycles. The second kappa shape index (κ2) is 4.28. The maximum absolute atomic E-state index is 6.11. The fraction of sp³-hybridized carbons (Fsp3) is 0.800. The molecule has 0 saturated carbocycles. The van der Waals surface area contributed by atoms with Crippen LogP contribution in [-0.4, -0.2) is 27.9 Å². The summed E-state index contributed by atoms with van der Waals surface area (Å²) in [7, 11) is 0. The fourth-order valence-corrected chi connectivity index (χ4v) is 1.84. The van der Waals surface area contributed by atoms with E-state index in [2.05, 4.69) is 33.9 Å². The maximum atomic E-state index is 6.11. The third kappa shape index (κ3) is 2.03. The van der Waals surface area contributed by atoms with Gasteiger partial charge in [-0.2, -0.15) is 0 Å². The molecule has 0 amide bonds. The van der Waals surface area contributed by atoms with Gasteiger partial charge in [0.05, 0.1) is 6.04 Å². The van der Waals surface area contributed by atoms with Crippen LogP contribution in [0.3, 0.4) is 0 Å². The molecule has 0 aliphatic carbocycles. The molecule has 0 radical (unpaired) electrons. The van der Waals surface area contributed by atoms with Crippen LogP contribution in [0.4, 0.5) is 0 Å². The van der Waals surface area contributed by atoms with Crippen LogP contribution in [0.5, 0.6) is 0 Å². The van der Waals surface area contributed by atoms with Crippen molar-refractivity contribution in [2.45, 2.75) is 32.9 Å². The smallest absolute Gasteiger partial charge is 0.150 e. The van der Waals surface area contributed by atoms with Gasteiger partial charge in [-0.15, -0.1) is 10.2 Å². The molecule has 1 aliphatic heterocycles. The Bertz CT molecular complexity index is 331. The van der Waals surface area contributed by atoms with Crippen LogP contribution in [0.15, 0.2) is 0 Å². The third-order valence-corrected chi connectivity index (χ3v) is 2.91. The molecule has 5 heteroatoms. The van der Waals surface area contributed by atoms with Crippen LogP contribution < -0.4 is 11.1 Å². The number of nitrogens with zero attached hydrogens (tertiary/aromatic N) is 3. The van der Waals surface area contributed by atoms with E-state index >= 15 is 0 Å². The summed E-state index contributed by atoms with van der Waals surface area (Å²) in [5.41, 5.74) is 6.11. The van der Waals surface area contributed by atoms with Crippen LogP contribution >= 0.6 is 0 Å². The van der Waals surface area contributed by atoms with E-state index in [4.69, 9.17) is 5.73 Å². The minimum atomic E-state index is -0.00986. The van der Waals surface area contributed by atoms with Gasteiger partial charge in [0.25, 0.3) is 0 Å². The number of aromatic nitrogens is 3. The van der Waals surface area contributed by atoms with E-state index < -0.39 is 0 Å². The number of rotatable bonds is 2. The molecule has 3 N–H and O–H groups in total. The molecule has 0 bridgehead atoms. The standard InChI is InChI=1S/C10H19N5/c1-7(2)9(11)10-14-13-8-3-4-12-5-6-15(8)10/h7,9,12H,3-6,11H2,1-2H3. The molecule has 1 aromatic rings. The highest BCUT2D eigenvalue weighted by molar-refractivity contribution is 5.03. The van der Waals surface area contributed by atoms with Crippen molar-refractivity contribution in [2.75, 3.05) is 13.1 Å². The van der Waals surface area contributed by atoms with E-state index in [0.717, 1.165) is 37.7 Å². The molecule has 0 aromatic carbocycles. The van der Waals surface area contributed by atoms with E-state index in [0.29, 0.717) is 5.92 Å². The first-order valence-electron chi connectivity index (χ1n) is 5.58. The fourth-order valence-electron chi connectivity index (χ4n) is 1.84. The van der Waals surface area contributed by atoms with E-state index in [1.165, 1.54) is 0 Å². The van der Waals surface area contributed by atoms with Gasteiger partial charge < -0.3 is 15.6 Å². The highest BCUT2D eigenvalue weighted by atomic mass is 15.3. The minimum Gasteiger partial charge on any atom is -0.321 e. The summed E-state index contributed by atoms with van der Waals surface area (Å²) >= 11 is 0. The van der Waals surface area contributed by atoms with Crippen molar-refractivity contribution in [3.8, 4) is 0 Å². The molecule has 84 valence electrons. The first-order valence-corrected chi connectivity index (χ1v) is 5.58. The monoisotopic (exact) mass is 209 g/mol. The Morgan fingerprint density at radius 2 is 2.13 bits per heavy atom. The van der Waals surface area contributed by atoms with Crippen molar-refractivity contribution in [3.05, 3.63) is 11.6 Å². The lowest BCUT2D eigenvalue weighted by Gasteiger charge is -2.16. The van der Waals surface area contributed by atoms with Crippen LogP contribution in [0.2, 0.25) is 0 Å². The first kappa shape index (κ1) is 10.6. The van der Waals surface area contributed by atoms with Gasteiger partial charge in [-0.05, 0) is 5.92 Å². The molecule has 1 unspecified atom stereocenters. The third-order valence-electron chi connectivity index (χ3n) is 2.91. The van der Waals surface area contributed by atoms with Gasteiger partial charge in [-0.3, -0.25) is 0 Å². The van der Waals surface area contributed by atoms with Crippen molar-refractivity contribution >= 4 is 0 Å². The van der Waals surface area contributed by atoms with Gasteiger partial charge in [-0.25, -0.2) is 0 Å². The highest BCUT2D eigenvalue weighted by Gasteiger charge is 2.21. The zero-order valence-corrected chi connectivity index (χ0v) is 9.40. The van der Waals surface area contributed by atoms with Crippen LogP contribution in [0.25, 0.3) is 0 Å². The number of nitrogens with two attached hydrogens (primary N) is 1. The topological polar surface area (TPSA) is 68.8 Å². The van der Waals surface area contributed by atoms with Crippen LogP contribution in [0, 0.1) is 5.92 Å². The summed E-state index contributed by atoms with van der Waals surface area (Å²) in [6.45, 7) is 7.11. The Labute approximate surface area is 90.1 Å². The number of nitrogens with one attached hydrogen (secondary N) is 1. The van der Waals surface area contributed by atoms with E-state index in [9.17, 15) is 0 Å². The molecule has 1 atom stereocenters. The number of hydrogen-bond donors (Lipinski definition) is 2. The highest BCUT2D eigenvalue weighted by Crippen LogP contribution is 2.18. The lowest BCUT2D eigenvalue weighted by Crippen LogP contribution is -2.24. The molecule has 1 aliphatic rings. The molecule has 2 rings (SSSR count). The number of fused-ring (bicyclic) bond motifs is 1. The summed E-state index contributed by atoms with van der Waals surface area (Å²) in [5, 5.41) is 11.8. The van der Waals surface area contributed by atoms with Crippen molar-refractivity contribution in [3.63, 3.8) is 0 Å². The summed E-state index contributed by atoms with van der Waals surface area (Å²) in [5.74, 6) is 2.39. The maximum Gasteiger partial charge on any atom is 0.150 e. The Morgan fingerprint density at radius 1 is 1.33 bits per heavy atom. The lowest BCUT2D eigenvalue weighted by molar-refractivity contribution is 0.462. The van der Waals surface area contributed by atoms with Crippen molar-refractivity contribution in [1.29, 1.82) is 0 Å². The molecule has 0 saturated heterocycles. The zero-order chi connectivity index (χ0) is 10.8. The van der Waals surface area contributed by atoms with Gasteiger partial charge >= 0.3 is 0 Å². The first-order chi connectivity index (χ1) is 7.20. The van der Waals surface area contributed by atoms with Gasteiger partial charge in [0.2, 0.25) is 0 Å². The van der Waals surface area contributed by atoms with E-state index in [-0.39, 0.29) is 6.04 Å². The molecule has 2 heterocycles.